The number of amides is 2. The molecule has 1 aliphatic carbocycles. The van der Waals surface area contributed by atoms with Gasteiger partial charge in [0, 0.05) is 48.5 Å². The van der Waals surface area contributed by atoms with Gasteiger partial charge in [-0.05, 0) is 42.2 Å². The molecule has 7 heteroatoms. The Morgan fingerprint density at radius 2 is 2.07 bits per heavy atom. The molecule has 3 aromatic rings. The molecule has 0 radical (unpaired) electrons. The van der Waals surface area contributed by atoms with Crippen LogP contribution in [0.1, 0.15) is 45.4 Å². The van der Waals surface area contributed by atoms with Gasteiger partial charge in [-0.1, -0.05) is 6.92 Å². The van der Waals surface area contributed by atoms with Crippen LogP contribution in [-0.4, -0.2) is 39.9 Å². The van der Waals surface area contributed by atoms with Gasteiger partial charge in [-0.15, -0.1) is 0 Å². The number of fused-ring (bicyclic) bond motifs is 1. The van der Waals surface area contributed by atoms with Gasteiger partial charge in [-0.3, -0.25) is 9.59 Å². The second-order valence-corrected chi connectivity index (χ2v) is 6.99. The van der Waals surface area contributed by atoms with Crippen molar-refractivity contribution in [2.45, 2.75) is 25.8 Å². The molecule has 0 aliphatic heterocycles. The first-order valence-electron chi connectivity index (χ1n) is 9.00. The Morgan fingerprint density at radius 3 is 2.81 bits per heavy atom. The van der Waals surface area contributed by atoms with E-state index in [1.54, 1.807) is 25.4 Å². The van der Waals surface area contributed by atoms with Gasteiger partial charge in [0.1, 0.15) is 11.3 Å². The van der Waals surface area contributed by atoms with E-state index in [0.717, 1.165) is 23.0 Å². The molecule has 1 fully saturated rings. The molecule has 2 atom stereocenters. The summed E-state index contributed by atoms with van der Waals surface area (Å²) in [4.78, 5) is 36.6. The molecule has 1 aliphatic rings. The minimum absolute atomic E-state index is 0.167. The summed E-state index contributed by atoms with van der Waals surface area (Å²) in [6.07, 6.45) is 5.07. The molecule has 0 aromatic carbocycles. The summed E-state index contributed by atoms with van der Waals surface area (Å²) in [6.45, 7) is 2.10. The summed E-state index contributed by atoms with van der Waals surface area (Å²) < 4.78 is 0. The van der Waals surface area contributed by atoms with Gasteiger partial charge < -0.3 is 15.6 Å². The third kappa shape index (κ3) is 3.53. The summed E-state index contributed by atoms with van der Waals surface area (Å²) >= 11 is 0. The number of carbonyl (C=O) groups is 2. The zero-order valence-corrected chi connectivity index (χ0v) is 15.2. The zero-order chi connectivity index (χ0) is 19.0. The Hall–Kier alpha value is -3.22. The highest BCUT2D eigenvalue weighted by Gasteiger charge is 2.34. The smallest absolute Gasteiger partial charge is 0.269 e. The van der Waals surface area contributed by atoms with Crippen LogP contribution in [0.4, 0.5) is 0 Å². The highest BCUT2D eigenvalue weighted by atomic mass is 16.2. The molecule has 0 spiro atoms. The maximum absolute atomic E-state index is 12.6. The molecule has 3 heterocycles. The lowest BCUT2D eigenvalue weighted by atomic mass is 10.0. The SMILES string of the molecule is CNC(=O)c1cc(C(=O)N[C@H]2C[C@@H]2C)cc(Cc2ccnc3[nH]ccc23)n1. The minimum atomic E-state index is -0.313. The van der Waals surface area contributed by atoms with Gasteiger partial charge in [0.25, 0.3) is 11.8 Å². The number of rotatable bonds is 5. The monoisotopic (exact) mass is 363 g/mol. The van der Waals surface area contributed by atoms with E-state index in [9.17, 15) is 9.59 Å². The number of hydrogen-bond donors (Lipinski definition) is 3. The number of H-pyrrole nitrogens is 1. The Morgan fingerprint density at radius 1 is 1.26 bits per heavy atom. The lowest BCUT2D eigenvalue weighted by molar-refractivity contribution is 0.0949. The number of pyridine rings is 2. The summed E-state index contributed by atoms with van der Waals surface area (Å²) in [5.74, 6) is 0.0271. The first-order chi connectivity index (χ1) is 13.0. The van der Waals surface area contributed by atoms with Gasteiger partial charge >= 0.3 is 0 Å². The van der Waals surface area contributed by atoms with Crippen molar-refractivity contribution in [3.63, 3.8) is 0 Å². The zero-order valence-electron chi connectivity index (χ0n) is 15.2. The van der Waals surface area contributed by atoms with Crippen LogP contribution in [-0.2, 0) is 6.42 Å². The van der Waals surface area contributed by atoms with Gasteiger partial charge in [0.05, 0.1) is 0 Å². The molecule has 138 valence electrons. The largest absolute Gasteiger partial charge is 0.354 e. The maximum atomic E-state index is 12.6. The van der Waals surface area contributed by atoms with Crippen molar-refractivity contribution in [1.82, 2.24) is 25.6 Å². The lowest BCUT2D eigenvalue weighted by Crippen LogP contribution is -2.28. The van der Waals surface area contributed by atoms with E-state index in [4.69, 9.17) is 0 Å². The van der Waals surface area contributed by atoms with E-state index in [2.05, 4.69) is 32.5 Å². The average Bonchev–Trinajstić information content (AvgIpc) is 3.16. The number of aromatic nitrogens is 3. The topological polar surface area (TPSA) is 99.8 Å². The second-order valence-electron chi connectivity index (χ2n) is 6.99. The third-order valence-electron chi connectivity index (χ3n) is 4.95. The molecule has 1 saturated carbocycles. The Bertz CT molecular complexity index is 1030. The normalized spacial score (nSPS) is 18.3. The maximum Gasteiger partial charge on any atom is 0.269 e. The molecule has 0 saturated heterocycles. The quantitative estimate of drug-likeness (QED) is 0.646. The molecule has 7 nitrogen and oxygen atoms in total. The van der Waals surface area contributed by atoms with Crippen LogP contribution in [0.2, 0.25) is 0 Å². The number of aromatic amines is 1. The van der Waals surface area contributed by atoms with E-state index in [1.165, 1.54) is 0 Å². The molecule has 2 amide bonds. The predicted molar refractivity (Wildman–Crippen MR) is 102 cm³/mol. The fraction of sp³-hybridized carbons (Fsp3) is 0.300. The molecule has 4 rings (SSSR count). The highest BCUT2D eigenvalue weighted by Crippen LogP contribution is 2.29. The van der Waals surface area contributed by atoms with E-state index >= 15 is 0 Å². The van der Waals surface area contributed by atoms with Crippen LogP contribution in [0.25, 0.3) is 11.0 Å². The van der Waals surface area contributed by atoms with Gasteiger partial charge in [0.2, 0.25) is 0 Å². The number of nitrogens with one attached hydrogen (secondary N) is 3. The van der Waals surface area contributed by atoms with Crippen LogP contribution in [0.15, 0.2) is 36.7 Å². The van der Waals surface area contributed by atoms with Gasteiger partial charge in [-0.2, -0.15) is 0 Å². The van der Waals surface area contributed by atoms with Crippen molar-refractivity contribution >= 4 is 22.8 Å². The Balaban J connectivity index is 1.68. The van der Waals surface area contributed by atoms with Crippen LogP contribution < -0.4 is 10.6 Å². The summed E-state index contributed by atoms with van der Waals surface area (Å²) in [5.41, 5.74) is 3.19. The van der Waals surface area contributed by atoms with Gasteiger partial charge in [0.15, 0.2) is 0 Å². The fourth-order valence-electron chi connectivity index (χ4n) is 3.20. The van der Waals surface area contributed by atoms with Crippen molar-refractivity contribution in [1.29, 1.82) is 0 Å². The molecule has 27 heavy (non-hydrogen) atoms. The third-order valence-corrected chi connectivity index (χ3v) is 4.95. The van der Waals surface area contributed by atoms with E-state index in [1.807, 2.05) is 18.3 Å². The molecule has 3 aromatic heterocycles. The van der Waals surface area contributed by atoms with Crippen molar-refractivity contribution in [3.05, 3.63) is 59.2 Å². The van der Waals surface area contributed by atoms with Crippen molar-refractivity contribution in [2.24, 2.45) is 5.92 Å². The van der Waals surface area contributed by atoms with E-state index in [0.29, 0.717) is 23.6 Å². The van der Waals surface area contributed by atoms with E-state index < -0.39 is 0 Å². The van der Waals surface area contributed by atoms with Crippen LogP contribution >= 0.6 is 0 Å². The second kappa shape index (κ2) is 6.83. The minimum Gasteiger partial charge on any atom is -0.354 e. The first-order valence-corrected chi connectivity index (χ1v) is 9.00. The van der Waals surface area contributed by atoms with Crippen LogP contribution in [0.5, 0.6) is 0 Å². The van der Waals surface area contributed by atoms with Crippen molar-refractivity contribution < 1.29 is 9.59 Å². The lowest BCUT2D eigenvalue weighted by Gasteiger charge is -2.10. The van der Waals surface area contributed by atoms with Gasteiger partial charge in [-0.25, -0.2) is 9.97 Å². The predicted octanol–water partition coefficient (Wildman–Crippen LogP) is 2.05. The number of nitrogens with zero attached hydrogens (tertiary/aromatic N) is 2. The molecule has 0 bridgehead atoms. The summed E-state index contributed by atoms with van der Waals surface area (Å²) in [5, 5.41) is 6.59. The number of hydrogen-bond acceptors (Lipinski definition) is 4. The Kier molecular flexibility index (Phi) is 4.35. The summed E-state index contributed by atoms with van der Waals surface area (Å²) in [6, 6.07) is 7.41. The summed E-state index contributed by atoms with van der Waals surface area (Å²) in [7, 11) is 1.55. The average molecular weight is 363 g/mol. The van der Waals surface area contributed by atoms with E-state index in [-0.39, 0.29) is 23.6 Å². The molecule has 0 unspecified atom stereocenters. The number of carbonyl (C=O) groups excluding carboxylic acids is 2. The van der Waals surface area contributed by atoms with Crippen molar-refractivity contribution in [3.8, 4) is 0 Å². The van der Waals surface area contributed by atoms with Crippen LogP contribution in [0.3, 0.4) is 0 Å². The highest BCUT2D eigenvalue weighted by molar-refractivity contribution is 5.99. The molecule has 3 N–H and O–H groups in total. The first kappa shape index (κ1) is 17.2. The van der Waals surface area contributed by atoms with Crippen LogP contribution in [0, 0.1) is 5.92 Å². The standard InChI is InChI=1S/C20H21N5O2/c1-11-7-16(11)25-19(26)13-9-14(24-17(10-13)20(27)21-2)8-12-3-5-22-18-15(12)4-6-23-18/h3-6,9-11,16H,7-8H2,1-2H3,(H,21,27)(H,22,23)(H,25,26)/t11-,16-/m0/s1. The molecular formula is C20H21N5O2. The van der Waals surface area contributed by atoms with Crippen molar-refractivity contribution in [2.75, 3.05) is 7.05 Å². The fourth-order valence-corrected chi connectivity index (χ4v) is 3.20. The Labute approximate surface area is 156 Å². The molecular weight excluding hydrogens is 342 g/mol.